The lowest BCUT2D eigenvalue weighted by Gasteiger charge is -2.22. The van der Waals surface area contributed by atoms with Crippen molar-refractivity contribution in [2.24, 2.45) is 0 Å². The van der Waals surface area contributed by atoms with Gasteiger partial charge in [-0.15, -0.1) is 0 Å². The fourth-order valence-electron chi connectivity index (χ4n) is 3.18. The molecule has 0 heterocycles. The topological polar surface area (TPSA) is 26.3 Å². The minimum absolute atomic E-state index is 0.0773. The van der Waals surface area contributed by atoms with E-state index in [2.05, 4.69) is 32.9 Å². The van der Waals surface area contributed by atoms with Gasteiger partial charge in [0.1, 0.15) is 11.5 Å². The number of ether oxygens (including phenoxy) is 1. The molecule has 1 atom stereocenters. The van der Waals surface area contributed by atoms with Gasteiger partial charge in [0.05, 0.1) is 0 Å². The minimum Gasteiger partial charge on any atom is -0.457 e. The standard InChI is InChI=1S/C25H27O2P/c1-17-15-19(25(3,4)5)16-18(2)23(17)24(26)28-22-13-11-21(12-14-22)27-20-9-7-6-8-10-20/h6-16,28H,1-5H3. The summed E-state index contributed by atoms with van der Waals surface area (Å²) >= 11 is 0. The Kier molecular flexibility index (Phi) is 6.01. The highest BCUT2D eigenvalue weighted by Gasteiger charge is 2.19. The van der Waals surface area contributed by atoms with Crippen LogP contribution in [0, 0.1) is 13.8 Å². The second-order valence-corrected chi connectivity index (χ2v) is 9.41. The molecule has 3 aromatic rings. The molecular weight excluding hydrogens is 363 g/mol. The lowest BCUT2D eigenvalue weighted by atomic mass is 9.84. The van der Waals surface area contributed by atoms with Crippen molar-refractivity contribution in [3.63, 3.8) is 0 Å². The molecule has 28 heavy (non-hydrogen) atoms. The van der Waals surface area contributed by atoms with Gasteiger partial charge in [-0.05, 0) is 74.1 Å². The summed E-state index contributed by atoms with van der Waals surface area (Å²) in [4.78, 5) is 13.0. The summed E-state index contributed by atoms with van der Waals surface area (Å²) in [5, 5.41) is 1.02. The summed E-state index contributed by atoms with van der Waals surface area (Å²) in [6.07, 6.45) is 0. The number of carbonyl (C=O) groups is 1. The summed E-state index contributed by atoms with van der Waals surface area (Å²) in [5.74, 6) is 1.58. The molecule has 0 aliphatic carbocycles. The Hall–Kier alpha value is -2.44. The second kappa shape index (κ2) is 8.29. The number of benzene rings is 3. The van der Waals surface area contributed by atoms with Gasteiger partial charge in [0.15, 0.2) is 5.52 Å². The summed E-state index contributed by atoms with van der Waals surface area (Å²) in [6.45, 7) is 10.7. The molecule has 0 radical (unpaired) electrons. The Morgan fingerprint density at radius 2 is 1.36 bits per heavy atom. The average molecular weight is 390 g/mol. The predicted molar refractivity (Wildman–Crippen MR) is 120 cm³/mol. The normalized spacial score (nSPS) is 11.8. The summed E-state index contributed by atoms with van der Waals surface area (Å²) in [5.41, 5.74) is 4.51. The first-order chi connectivity index (χ1) is 13.2. The fourth-order valence-corrected chi connectivity index (χ4v) is 4.29. The molecule has 2 nitrogen and oxygen atoms in total. The van der Waals surface area contributed by atoms with Crippen molar-refractivity contribution in [2.75, 3.05) is 0 Å². The van der Waals surface area contributed by atoms with E-state index in [4.69, 9.17) is 4.74 Å². The van der Waals surface area contributed by atoms with Crippen LogP contribution < -0.4 is 10.0 Å². The third-order valence-electron chi connectivity index (χ3n) is 4.72. The van der Waals surface area contributed by atoms with E-state index in [-0.39, 0.29) is 19.5 Å². The van der Waals surface area contributed by atoms with Crippen molar-refractivity contribution < 1.29 is 9.53 Å². The van der Waals surface area contributed by atoms with Crippen LogP contribution in [0.1, 0.15) is 47.8 Å². The highest BCUT2D eigenvalue weighted by molar-refractivity contribution is 7.66. The molecule has 0 spiro atoms. The van der Waals surface area contributed by atoms with Gasteiger partial charge in [0, 0.05) is 5.56 Å². The molecule has 0 fully saturated rings. The Labute approximate surface area is 169 Å². The largest absolute Gasteiger partial charge is 0.457 e. The first-order valence-corrected chi connectivity index (χ1v) is 10.5. The van der Waals surface area contributed by atoms with Crippen LogP contribution in [0.15, 0.2) is 66.7 Å². The maximum Gasteiger partial charge on any atom is 0.186 e. The van der Waals surface area contributed by atoms with Crippen LogP contribution in [0.5, 0.6) is 11.5 Å². The molecule has 0 bridgehead atoms. The van der Waals surface area contributed by atoms with Gasteiger partial charge in [-0.3, -0.25) is 4.79 Å². The van der Waals surface area contributed by atoms with E-state index in [0.29, 0.717) is 0 Å². The van der Waals surface area contributed by atoms with Crippen LogP contribution >= 0.6 is 8.58 Å². The van der Waals surface area contributed by atoms with Gasteiger partial charge >= 0.3 is 0 Å². The predicted octanol–water partition coefficient (Wildman–Crippen LogP) is 6.54. The summed E-state index contributed by atoms with van der Waals surface area (Å²) in [6, 6.07) is 21.8. The molecular formula is C25H27O2P. The van der Waals surface area contributed by atoms with Crippen LogP contribution in [0.3, 0.4) is 0 Å². The van der Waals surface area contributed by atoms with Crippen molar-refractivity contribution in [2.45, 2.75) is 40.0 Å². The van der Waals surface area contributed by atoms with E-state index >= 15 is 0 Å². The molecule has 3 rings (SSSR count). The van der Waals surface area contributed by atoms with Crippen LogP contribution in [0.4, 0.5) is 0 Å². The first kappa shape index (κ1) is 20.3. The van der Waals surface area contributed by atoms with Gasteiger partial charge in [0.25, 0.3) is 0 Å². The third-order valence-corrected chi connectivity index (χ3v) is 5.82. The Bertz CT molecular complexity index is 945. The molecule has 0 aliphatic heterocycles. The highest BCUT2D eigenvalue weighted by Crippen LogP contribution is 2.30. The van der Waals surface area contributed by atoms with Gasteiger partial charge < -0.3 is 4.74 Å². The van der Waals surface area contributed by atoms with Gasteiger partial charge in [-0.2, -0.15) is 0 Å². The Morgan fingerprint density at radius 3 is 1.89 bits per heavy atom. The SMILES string of the molecule is Cc1cc(C(C)(C)C)cc(C)c1C(=O)Pc1ccc(Oc2ccccc2)cc1. The van der Waals surface area contributed by atoms with E-state index in [1.807, 2.05) is 68.4 Å². The molecule has 0 aliphatic rings. The summed E-state index contributed by atoms with van der Waals surface area (Å²) < 4.78 is 5.82. The van der Waals surface area contributed by atoms with Crippen molar-refractivity contribution >= 4 is 19.4 Å². The van der Waals surface area contributed by atoms with E-state index in [9.17, 15) is 4.79 Å². The average Bonchev–Trinajstić information content (AvgIpc) is 2.63. The quantitative estimate of drug-likeness (QED) is 0.463. The van der Waals surface area contributed by atoms with Crippen LogP contribution in [0.2, 0.25) is 0 Å². The first-order valence-electron chi connectivity index (χ1n) is 9.50. The molecule has 0 amide bonds. The molecule has 0 saturated carbocycles. The number of rotatable bonds is 5. The monoisotopic (exact) mass is 390 g/mol. The molecule has 0 aromatic heterocycles. The molecule has 0 N–H and O–H groups in total. The number of aryl methyl sites for hydroxylation is 2. The van der Waals surface area contributed by atoms with Crippen LogP contribution in [-0.2, 0) is 5.41 Å². The maximum atomic E-state index is 13.0. The smallest absolute Gasteiger partial charge is 0.186 e. The number of para-hydroxylation sites is 1. The molecule has 0 saturated heterocycles. The Balaban J connectivity index is 1.74. The zero-order valence-electron chi connectivity index (χ0n) is 17.2. The summed E-state index contributed by atoms with van der Waals surface area (Å²) in [7, 11) is 0.102. The lowest BCUT2D eigenvalue weighted by molar-refractivity contribution is 0.108. The second-order valence-electron chi connectivity index (χ2n) is 8.13. The van der Waals surface area contributed by atoms with Crippen molar-refractivity contribution in [3.05, 3.63) is 89.0 Å². The van der Waals surface area contributed by atoms with E-state index in [1.54, 1.807) is 0 Å². The van der Waals surface area contributed by atoms with Crippen molar-refractivity contribution in [1.29, 1.82) is 0 Å². The minimum atomic E-state index is 0.0773. The maximum absolute atomic E-state index is 13.0. The molecule has 3 heteroatoms. The number of carbonyl (C=O) groups excluding carboxylic acids is 1. The molecule has 144 valence electrons. The zero-order valence-corrected chi connectivity index (χ0v) is 18.2. The zero-order chi connectivity index (χ0) is 20.3. The number of hydrogen-bond donors (Lipinski definition) is 0. The molecule has 1 unspecified atom stereocenters. The van der Waals surface area contributed by atoms with Crippen molar-refractivity contribution in [1.82, 2.24) is 0 Å². The van der Waals surface area contributed by atoms with E-state index in [0.717, 1.165) is 33.5 Å². The van der Waals surface area contributed by atoms with Crippen molar-refractivity contribution in [3.8, 4) is 11.5 Å². The number of hydrogen-bond acceptors (Lipinski definition) is 2. The van der Waals surface area contributed by atoms with Crippen LogP contribution in [0.25, 0.3) is 0 Å². The van der Waals surface area contributed by atoms with Crippen LogP contribution in [-0.4, -0.2) is 5.52 Å². The van der Waals surface area contributed by atoms with Gasteiger partial charge in [0.2, 0.25) is 0 Å². The Morgan fingerprint density at radius 1 is 0.821 bits per heavy atom. The lowest BCUT2D eigenvalue weighted by Crippen LogP contribution is -2.13. The highest BCUT2D eigenvalue weighted by atomic mass is 31.1. The van der Waals surface area contributed by atoms with E-state index < -0.39 is 0 Å². The van der Waals surface area contributed by atoms with Gasteiger partial charge in [-0.1, -0.05) is 63.2 Å². The molecule has 3 aromatic carbocycles. The fraction of sp³-hybridized carbons (Fsp3) is 0.240. The van der Waals surface area contributed by atoms with E-state index in [1.165, 1.54) is 5.56 Å². The van der Waals surface area contributed by atoms with Gasteiger partial charge in [-0.25, -0.2) is 0 Å². The third kappa shape index (κ3) is 4.88.